The molecule has 2 aromatic carbocycles. The number of nitrogens with one attached hydrogen (secondary N) is 1. The molecule has 0 aliphatic heterocycles. The SMILES string of the molecule is Cc1ccc(N(CC(=O)N(Cc2ccccc2)[C@H](C)C(=O)NC2CCCC2)S(C)(=O)=O)cc1. The Morgan fingerprint density at radius 1 is 1.03 bits per heavy atom. The number of aryl methyl sites for hydroxylation is 1. The fraction of sp³-hybridized carbons (Fsp3) is 0.440. The van der Waals surface area contributed by atoms with Crippen LogP contribution in [-0.4, -0.2) is 50.0 Å². The molecule has 0 aromatic heterocycles. The summed E-state index contributed by atoms with van der Waals surface area (Å²) in [6.07, 6.45) is 5.15. The van der Waals surface area contributed by atoms with E-state index in [4.69, 9.17) is 0 Å². The van der Waals surface area contributed by atoms with Crippen molar-refractivity contribution in [3.63, 3.8) is 0 Å². The van der Waals surface area contributed by atoms with Gasteiger partial charge < -0.3 is 10.2 Å². The fourth-order valence-electron chi connectivity index (χ4n) is 4.08. The Morgan fingerprint density at radius 3 is 2.21 bits per heavy atom. The lowest BCUT2D eigenvalue weighted by atomic mass is 10.1. The van der Waals surface area contributed by atoms with Crippen molar-refractivity contribution in [1.29, 1.82) is 0 Å². The molecule has 8 heteroatoms. The zero-order chi connectivity index (χ0) is 24.0. The lowest BCUT2D eigenvalue weighted by molar-refractivity contribution is -0.139. The second kappa shape index (κ2) is 10.8. The van der Waals surface area contributed by atoms with Gasteiger partial charge in [-0.2, -0.15) is 0 Å². The predicted octanol–water partition coefficient (Wildman–Crippen LogP) is 3.24. The van der Waals surface area contributed by atoms with Crippen LogP contribution >= 0.6 is 0 Å². The third kappa shape index (κ3) is 6.81. The second-order valence-corrected chi connectivity index (χ2v) is 10.7. The van der Waals surface area contributed by atoms with Crippen LogP contribution in [0.15, 0.2) is 54.6 Å². The van der Waals surface area contributed by atoms with Gasteiger partial charge in [-0.25, -0.2) is 8.42 Å². The quantitative estimate of drug-likeness (QED) is 0.608. The molecule has 7 nitrogen and oxygen atoms in total. The Labute approximate surface area is 196 Å². The zero-order valence-corrected chi connectivity index (χ0v) is 20.3. The number of hydrogen-bond donors (Lipinski definition) is 1. The van der Waals surface area contributed by atoms with Gasteiger partial charge in [-0.1, -0.05) is 60.9 Å². The summed E-state index contributed by atoms with van der Waals surface area (Å²) in [5.41, 5.74) is 2.27. The van der Waals surface area contributed by atoms with Crippen LogP contribution < -0.4 is 9.62 Å². The highest BCUT2D eigenvalue weighted by molar-refractivity contribution is 7.92. The van der Waals surface area contributed by atoms with Gasteiger partial charge in [-0.15, -0.1) is 0 Å². The summed E-state index contributed by atoms with van der Waals surface area (Å²) in [4.78, 5) is 27.9. The summed E-state index contributed by atoms with van der Waals surface area (Å²) in [6.45, 7) is 3.44. The molecule has 33 heavy (non-hydrogen) atoms. The zero-order valence-electron chi connectivity index (χ0n) is 19.5. The fourth-order valence-corrected chi connectivity index (χ4v) is 4.93. The van der Waals surface area contributed by atoms with E-state index in [1.807, 2.05) is 37.3 Å². The summed E-state index contributed by atoms with van der Waals surface area (Å²) < 4.78 is 26.2. The molecule has 0 radical (unpaired) electrons. The topological polar surface area (TPSA) is 86.8 Å². The number of anilines is 1. The first kappa shape index (κ1) is 24.8. The first-order valence-corrected chi connectivity index (χ1v) is 13.2. The van der Waals surface area contributed by atoms with Gasteiger partial charge in [0.2, 0.25) is 21.8 Å². The molecule has 178 valence electrons. The first-order valence-electron chi connectivity index (χ1n) is 11.3. The molecule has 3 rings (SSSR count). The van der Waals surface area contributed by atoms with E-state index in [1.165, 1.54) is 4.90 Å². The van der Waals surface area contributed by atoms with E-state index in [-0.39, 0.29) is 25.0 Å². The van der Waals surface area contributed by atoms with Crippen molar-refractivity contribution in [3.8, 4) is 0 Å². The Kier molecular flexibility index (Phi) is 8.13. The molecule has 1 aliphatic carbocycles. The molecule has 0 saturated heterocycles. The Morgan fingerprint density at radius 2 is 1.64 bits per heavy atom. The first-order chi connectivity index (χ1) is 15.6. The second-order valence-electron chi connectivity index (χ2n) is 8.78. The molecule has 1 fully saturated rings. The predicted molar refractivity (Wildman–Crippen MR) is 130 cm³/mol. The average Bonchev–Trinajstić information content (AvgIpc) is 3.29. The van der Waals surface area contributed by atoms with Crippen LogP contribution in [0.25, 0.3) is 0 Å². The molecule has 1 N–H and O–H groups in total. The van der Waals surface area contributed by atoms with Gasteiger partial charge in [0.25, 0.3) is 0 Å². The maximum Gasteiger partial charge on any atom is 0.244 e. The summed E-state index contributed by atoms with van der Waals surface area (Å²) in [5, 5.41) is 3.06. The molecule has 2 aromatic rings. The smallest absolute Gasteiger partial charge is 0.244 e. The number of carbonyl (C=O) groups is 2. The molecule has 0 spiro atoms. The van der Waals surface area contributed by atoms with E-state index in [2.05, 4.69) is 5.32 Å². The van der Waals surface area contributed by atoms with Crippen molar-refractivity contribution in [2.75, 3.05) is 17.1 Å². The standard InChI is InChI=1S/C25H33N3O4S/c1-19-13-15-23(16-14-19)28(33(3,31)32)18-24(29)27(17-21-9-5-4-6-10-21)20(2)25(30)26-22-11-7-8-12-22/h4-6,9-10,13-16,20,22H,7-8,11-12,17-18H2,1-3H3,(H,26,30)/t20-/m1/s1. The van der Waals surface area contributed by atoms with Crippen LogP contribution in [0, 0.1) is 6.92 Å². The molecule has 0 heterocycles. The highest BCUT2D eigenvalue weighted by Gasteiger charge is 2.31. The summed E-state index contributed by atoms with van der Waals surface area (Å²) in [6, 6.07) is 15.8. The van der Waals surface area contributed by atoms with Gasteiger partial charge >= 0.3 is 0 Å². The van der Waals surface area contributed by atoms with Crippen molar-refractivity contribution in [1.82, 2.24) is 10.2 Å². The monoisotopic (exact) mass is 471 g/mol. The molecule has 1 atom stereocenters. The number of carbonyl (C=O) groups excluding carboxylic acids is 2. The number of rotatable bonds is 9. The van der Waals surface area contributed by atoms with E-state index in [1.54, 1.807) is 31.2 Å². The Hall–Kier alpha value is -2.87. The molecular weight excluding hydrogens is 438 g/mol. The lowest BCUT2D eigenvalue weighted by Crippen LogP contribution is -2.52. The third-order valence-electron chi connectivity index (χ3n) is 6.07. The number of benzene rings is 2. The Bertz CT molecular complexity index is 1050. The summed E-state index contributed by atoms with van der Waals surface area (Å²) in [5.74, 6) is -0.647. The summed E-state index contributed by atoms with van der Waals surface area (Å²) >= 11 is 0. The molecular formula is C25H33N3O4S. The van der Waals surface area contributed by atoms with Crippen LogP contribution in [-0.2, 0) is 26.2 Å². The summed E-state index contributed by atoms with van der Waals surface area (Å²) in [7, 11) is -3.71. The molecule has 1 aliphatic rings. The normalized spacial score (nSPS) is 15.1. The van der Waals surface area contributed by atoms with Gasteiger partial charge in [-0.3, -0.25) is 13.9 Å². The van der Waals surface area contributed by atoms with Gasteiger partial charge in [0.15, 0.2) is 0 Å². The van der Waals surface area contributed by atoms with Crippen molar-refractivity contribution in [2.45, 2.75) is 58.2 Å². The minimum Gasteiger partial charge on any atom is -0.352 e. The van der Waals surface area contributed by atoms with Gasteiger partial charge in [-0.05, 0) is 44.4 Å². The highest BCUT2D eigenvalue weighted by atomic mass is 32.2. The largest absolute Gasteiger partial charge is 0.352 e. The average molecular weight is 472 g/mol. The van der Waals surface area contributed by atoms with E-state index in [9.17, 15) is 18.0 Å². The molecule has 2 amide bonds. The van der Waals surface area contributed by atoms with E-state index < -0.39 is 22.0 Å². The Balaban J connectivity index is 1.84. The third-order valence-corrected chi connectivity index (χ3v) is 7.21. The van der Waals surface area contributed by atoms with Gasteiger partial charge in [0.1, 0.15) is 12.6 Å². The van der Waals surface area contributed by atoms with Crippen molar-refractivity contribution in [2.24, 2.45) is 0 Å². The van der Waals surface area contributed by atoms with Crippen LogP contribution in [0.3, 0.4) is 0 Å². The van der Waals surface area contributed by atoms with E-state index in [0.717, 1.165) is 47.4 Å². The maximum atomic E-state index is 13.5. The van der Waals surface area contributed by atoms with Crippen molar-refractivity contribution < 1.29 is 18.0 Å². The van der Waals surface area contributed by atoms with E-state index >= 15 is 0 Å². The lowest BCUT2D eigenvalue weighted by Gasteiger charge is -2.32. The number of hydrogen-bond acceptors (Lipinski definition) is 4. The number of amides is 2. The number of nitrogens with zero attached hydrogens (tertiary/aromatic N) is 2. The van der Waals surface area contributed by atoms with Crippen molar-refractivity contribution >= 4 is 27.5 Å². The van der Waals surface area contributed by atoms with Crippen LogP contribution in [0.1, 0.15) is 43.7 Å². The van der Waals surface area contributed by atoms with Gasteiger partial charge in [0.05, 0.1) is 11.9 Å². The minimum atomic E-state index is -3.71. The molecule has 0 unspecified atom stereocenters. The van der Waals surface area contributed by atoms with Crippen molar-refractivity contribution in [3.05, 3.63) is 65.7 Å². The maximum absolute atomic E-state index is 13.5. The minimum absolute atomic E-state index is 0.133. The van der Waals surface area contributed by atoms with Crippen LogP contribution in [0.4, 0.5) is 5.69 Å². The van der Waals surface area contributed by atoms with E-state index in [0.29, 0.717) is 5.69 Å². The molecule has 0 bridgehead atoms. The van der Waals surface area contributed by atoms with Crippen LogP contribution in [0.2, 0.25) is 0 Å². The van der Waals surface area contributed by atoms with Gasteiger partial charge in [0, 0.05) is 12.6 Å². The number of sulfonamides is 1. The molecule has 1 saturated carbocycles. The van der Waals surface area contributed by atoms with Crippen LogP contribution in [0.5, 0.6) is 0 Å². The highest BCUT2D eigenvalue weighted by Crippen LogP contribution is 2.21.